The summed E-state index contributed by atoms with van der Waals surface area (Å²) in [6, 6.07) is 18.4. The zero-order valence-corrected chi connectivity index (χ0v) is 20.8. The van der Waals surface area contributed by atoms with Crippen LogP contribution < -0.4 is 15.4 Å². The van der Waals surface area contributed by atoms with E-state index in [-0.39, 0.29) is 17.9 Å². The van der Waals surface area contributed by atoms with E-state index in [1.807, 2.05) is 36.4 Å². The van der Waals surface area contributed by atoms with E-state index in [0.717, 1.165) is 48.0 Å². The van der Waals surface area contributed by atoms with E-state index in [1.165, 1.54) is 12.5 Å². The average molecular weight is 492 g/mol. The number of ether oxygens (including phenoxy) is 1. The van der Waals surface area contributed by atoms with Gasteiger partial charge in [-0.15, -0.1) is 0 Å². The highest BCUT2D eigenvalue weighted by Gasteiger charge is 2.41. The lowest BCUT2D eigenvalue weighted by molar-refractivity contribution is -0.114. The molecule has 2 aliphatic heterocycles. The van der Waals surface area contributed by atoms with Gasteiger partial charge in [-0.05, 0) is 49.4 Å². The molecule has 2 fully saturated rings. The molecule has 182 valence electrons. The molecule has 2 aliphatic rings. The Kier molecular flexibility index (Phi) is 6.67. The topological polar surface area (TPSA) is 70.7 Å². The van der Waals surface area contributed by atoms with E-state index >= 15 is 0 Å². The first-order valence-electron chi connectivity index (χ1n) is 12.1. The Bertz CT molecular complexity index is 1250. The molecule has 0 aromatic heterocycles. The van der Waals surface area contributed by atoms with E-state index in [2.05, 4.69) is 27.7 Å². The summed E-state index contributed by atoms with van der Waals surface area (Å²) in [7, 11) is 1.58. The maximum absolute atomic E-state index is 13.5. The number of benzene rings is 3. The maximum Gasteiger partial charge on any atom is 0.255 e. The van der Waals surface area contributed by atoms with Crippen LogP contribution in [0.4, 0.5) is 5.69 Å². The highest BCUT2D eigenvalue weighted by atomic mass is 35.5. The quantitative estimate of drug-likeness (QED) is 0.485. The van der Waals surface area contributed by atoms with Crippen LogP contribution in [-0.4, -0.2) is 41.9 Å². The number of rotatable bonds is 6. The van der Waals surface area contributed by atoms with Gasteiger partial charge in [0.15, 0.2) is 0 Å². The number of nitrogens with one attached hydrogen (secondary N) is 2. The van der Waals surface area contributed by atoms with Gasteiger partial charge in [-0.1, -0.05) is 48.0 Å². The van der Waals surface area contributed by atoms with Crippen molar-refractivity contribution < 1.29 is 14.3 Å². The fourth-order valence-corrected chi connectivity index (χ4v) is 5.87. The summed E-state index contributed by atoms with van der Waals surface area (Å²) in [5, 5.41) is 8.52. The van der Waals surface area contributed by atoms with Crippen LogP contribution in [-0.2, 0) is 11.3 Å². The van der Waals surface area contributed by atoms with Gasteiger partial charge in [0, 0.05) is 53.1 Å². The monoisotopic (exact) mass is 491 g/mol. The number of carbonyl (C=O) groups excluding carboxylic acids is 2. The molecule has 2 unspecified atom stereocenters. The molecule has 3 aromatic carbocycles. The third kappa shape index (κ3) is 4.86. The lowest BCUT2D eigenvalue weighted by Crippen LogP contribution is -2.50. The van der Waals surface area contributed by atoms with Crippen molar-refractivity contribution in [3.05, 3.63) is 70.7 Å². The smallest absolute Gasteiger partial charge is 0.255 e. The number of anilines is 1. The van der Waals surface area contributed by atoms with E-state index < -0.39 is 0 Å². The van der Waals surface area contributed by atoms with E-state index in [9.17, 15) is 9.59 Å². The Morgan fingerprint density at radius 3 is 2.31 bits per heavy atom. The van der Waals surface area contributed by atoms with Crippen LogP contribution in [0, 0.1) is 0 Å². The van der Waals surface area contributed by atoms with E-state index in [0.29, 0.717) is 29.1 Å². The summed E-state index contributed by atoms with van der Waals surface area (Å²) >= 11 is 6.05. The van der Waals surface area contributed by atoms with Gasteiger partial charge in [-0.2, -0.15) is 0 Å². The van der Waals surface area contributed by atoms with Crippen molar-refractivity contribution in [1.82, 2.24) is 10.2 Å². The van der Waals surface area contributed by atoms with Crippen LogP contribution in [0.5, 0.6) is 5.75 Å². The number of carbonyl (C=O) groups is 2. The Morgan fingerprint density at radius 2 is 1.69 bits per heavy atom. The van der Waals surface area contributed by atoms with E-state index in [1.54, 1.807) is 13.2 Å². The standard InChI is InChI=1S/C28H30ClN3O3/c1-17(33)30-26-15-25(27(35-2)24-6-4-3-5-23(24)26)28(34)31-20-13-21-11-12-22(14-20)32(21)16-18-7-9-19(29)10-8-18/h3-10,15,20-22H,11-14,16H2,1-2H3,(H,30,33)(H,31,34). The molecule has 2 atom stereocenters. The summed E-state index contributed by atoms with van der Waals surface area (Å²) in [6.07, 6.45) is 4.14. The van der Waals surface area contributed by atoms with Gasteiger partial charge >= 0.3 is 0 Å². The first kappa shape index (κ1) is 23.6. The zero-order chi connectivity index (χ0) is 24.5. The number of piperidine rings is 1. The number of hydrogen-bond acceptors (Lipinski definition) is 4. The number of nitrogens with zero attached hydrogens (tertiary/aromatic N) is 1. The van der Waals surface area contributed by atoms with Gasteiger partial charge < -0.3 is 15.4 Å². The second-order valence-corrected chi connectivity index (χ2v) is 9.99. The highest BCUT2D eigenvalue weighted by molar-refractivity contribution is 6.30. The van der Waals surface area contributed by atoms with Crippen molar-refractivity contribution in [2.75, 3.05) is 12.4 Å². The Morgan fingerprint density at radius 1 is 1.03 bits per heavy atom. The van der Waals surface area contributed by atoms with Crippen molar-refractivity contribution in [1.29, 1.82) is 0 Å². The zero-order valence-electron chi connectivity index (χ0n) is 20.0. The summed E-state index contributed by atoms with van der Waals surface area (Å²) in [6.45, 7) is 2.37. The second-order valence-electron chi connectivity index (χ2n) is 9.56. The predicted octanol–water partition coefficient (Wildman–Crippen LogP) is 5.39. The molecule has 0 spiro atoms. The minimum Gasteiger partial charge on any atom is -0.495 e. The van der Waals surface area contributed by atoms with Crippen molar-refractivity contribution >= 4 is 39.9 Å². The van der Waals surface area contributed by atoms with Crippen molar-refractivity contribution in [3.8, 4) is 5.75 Å². The molecule has 7 heteroatoms. The molecule has 2 N–H and O–H groups in total. The molecule has 5 rings (SSSR count). The summed E-state index contributed by atoms with van der Waals surface area (Å²) < 4.78 is 5.68. The van der Waals surface area contributed by atoms with Gasteiger partial charge in [0.05, 0.1) is 12.7 Å². The van der Waals surface area contributed by atoms with Crippen LogP contribution in [0.1, 0.15) is 48.5 Å². The first-order chi connectivity index (χ1) is 16.9. The summed E-state index contributed by atoms with van der Waals surface area (Å²) in [4.78, 5) is 27.9. The molecule has 2 heterocycles. The maximum atomic E-state index is 13.5. The van der Waals surface area contributed by atoms with Crippen LogP contribution in [0.3, 0.4) is 0 Å². The number of hydrogen-bond donors (Lipinski definition) is 2. The van der Waals surface area contributed by atoms with Crippen molar-refractivity contribution in [2.45, 2.75) is 57.3 Å². The molecule has 3 aromatic rings. The number of halogens is 1. The fourth-order valence-electron chi connectivity index (χ4n) is 5.74. The minimum atomic E-state index is -0.184. The number of methoxy groups -OCH3 is 1. The Labute approximate surface area is 210 Å². The molecule has 35 heavy (non-hydrogen) atoms. The van der Waals surface area contributed by atoms with Gasteiger partial charge in [-0.3, -0.25) is 14.5 Å². The SMILES string of the molecule is COc1c(C(=O)NC2CC3CCC(C2)N3Cc2ccc(Cl)cc2)cc(NC(C)=O)c2ccccc12. The average Bonchev–Trinajstić information content (AvgIpc) is 3.07. The number of amides is 2. The largest absolute Gasteiger partial charge is 0.495 e. The highest BCUT2D eigenvalue weighted by Crippen LogP contribution is 2.38. The van der Waals surface area contributed by atoms with Crippen LogP contribution in [0.2, 0.25) is 5.02 Å². The van der Waals surface area contributed by atoms with Crippen LogP contribution in [0.25, 0.3) is 10.8 Å². The first-order valence-corrected chi connectivity index (χ1v) is 12.5. The fraction of sp³-hybridized carbons (Fsp3) is 0.357. The molecule has 0 saturated carbocycles. The number of fused-ring (bicyclic) bond motifs is 3. The predicted molar refractivity (Wildman–Crippen MR) is 139 cm³/mol. The van der Waals surface area contributed by atoms with Crippen LogP contribution >= 0.6 is 11.6 Å². The van der Waals surface area contributed by atoms with Gasteiger partial charge in [0.25, 0.3) is 5.91 Å². The summed E-state index contributed by atoms with van der Waals surface area (Å²) in [5.74, 6) is 0.168. The normalized spacial score (nSPS) is 21.6. The third-order valence-electron chi connectivity index (χ3n) is 7.25. The molecule has 2 amide bonds. The molecule has 2 saturated heterocycles. The molecular weight excluding hydrogens is 462 g/mol. The molecule has 2 bridgehead atoms. The summed E-state index contributed by atoms with van der Waals surface area (Å²) in [5.41, 5.74) is 2.31. The van der Waals surface area contributed by atoms with Gasteiger partial charge in [0.2, 0.25) is 5.91 Å². The lowest BCUT2D eigenvalue weighted by Gasteiger charge is -2.39. The molecule has 0 radical (unpaired) electrons. The van der Waals surface area contributed by atoms with E-state index in [4.69, 9.17) is 16.3 Å². The second kappa shape index (κ2) is 9.88. The Hall–Kier alpha value is -3.09. The Balaban J connectivity index is 1.34. The lowest BCUT2D eigenvalue weighted by atomic mass is 9.95. The van der Waals surface area contributed by atoms with Gasteiger partial charge in [-0.25, -0.2) is 0 Å². The minimum absolute atomic E-state index is 0.0989. The molecular formula is C28H30ClN3O3. The molecule has 0 aliphatic carbocycles. The van der Waals surface area contributed by atoms with Crippen LogP contribution in [0.15, 0.2) is 54.6 Å². The van der Waals surface area contributed by atoms with Crippen molar-refractivity contribution in [2.24, 2.45) is 0 Å². The van der Waals surface area contributed by atoms with Gasteiger partial charge in [0.1, 0.15) is 5.75 Å². The third-order valence-corrected chi connectivity index (χ3v) is 7.50. The molecule has 6 nitrogen and oxygen atoms in total. The van der Waals surface area contributed by atoms with Crippen molar-refractivity contribution in [3.63, 3.8) is 0 Å².